The lowest BCUT2D eigenvalue weighted by Crippen LogP contribution is -1.94. The van der Waals surface area contributed by atoms with Crippen LogP contribution in [0, 0.1) is 0 Å². The topological polar surface area (TPSA) is 43.1 Å². The Bertz CT molecular complexity index is 544. The molecular weight excluding hydrogens is 210 g/mol. The van der Waals surface area contributed by atoms with Gasteiger partial charge in [0.25, 0.3) is 0 Å². The second-order valence-electron chi connectivity index (χ2n) is 3.72. The number of carbonyl (C=O) groups excluding carboxylic acids is 1. The first-order chi connectivity index (χ1) is 8.31. The number of benzene rings is 2. The van der Waals surface area contributed by atoms with E-state index >= 15 is 0 Å². The highest BCUT2D eigenvalue weighted by Gasteiger charge is 2.03. The van der Waals surface area contributed by atoms with Gasteiger partial charge in [0.1, 0.15) is 0 Å². The molecule has 0 saturated heterocycles. The number of aldehydes is 1. The summed E-state index contributed by atoms with van der Waals surface area (Å²) in [5.41, 5.74) is 8.81. The SMILES string of the molecule is Nc1ccccc1/C(C=O)=C\c1ccccc1. The molecule has 0 aromatic heterocycles. The molecule has 0 amide bonds. The Hall–Kier alpha value is -2.35. The number of carbonyl (C=O) groups is 1. The second kappa shape index (κ2) is 5.12. The van der Waals surface area contributed by atoms with Gasteiger partial charge in [-0.25, -0.2) is 0 Å². The molecule has 2 N–H and O–H groups in total. The van der Waals surface area contributed by atoms with E-state index in [9.17, 15) is 4.79 Å². The smallest absolute Gasteiger partial charge is 0.150 e. The van der Waals surface area contributed by atoms with E-state index < -0.39 is 0 Å². The third-order valence-electron chi connectivity index (χ3n) is 2.52. The van der Waals surface area contributed by atoms with Gasteiger partial charge in [-0.1, -0.05) is 48.5 Å². The zero-order valence-electron chi connectivity index (χ0n) is 9.34. The van der Waals surface area contributed by atoms with E-state index in [0.717, 1.165) is 17.4 Å². The van der Waals surface area contributed by atoms with E-state index in [4.69, 9.17) is 5.73 Å². The summed E-state index contributed by atoms with van der Waals surface area (Å²) in [4.78, 5) is 11.1. The monoisotopic (exact) mass is 223 g/mol. The average Bonchev–Trinajstić information content (AvgIpc) is 2.38. The van der Waals surface area contributed by atoms with Crippen LogP contribution in [0.5, 0.6) is 0 Å². The highest BCUT2D eigenvalue weighted by Crippen LogP contribution is 2.21. The minimum atomic E-state index is 0.592. The van der Waals surface area contributed by atoms with Crippen LogP contribution in [-0.2, 0) is 4.79 Å². The first-order valence-corrected chi connectivity index (χ1v) is 5.38. The Morgan fingerprint density at radius 1 is 0.941 bits per heavy atom. The van der Waals surface area contributed by atoms with Crippen molar-refractivity contribution in [1.82, 2.24) is 0 Å². The lowest BCUT2D eigenvalue weighted by molar-refractivity contribution is -0.103. The van der Waals surface area contributed by atoms with Gasteiger partial charge in [0.15, 0.2) is 6.29 Å². The predicted octanol–water partition coefficient (Wildman–Crippen LogP) is 3.01. The van der Waals surface area contributed by atoms with Crippen molar-refractivity contribution in [3.63, 3.8) is 0 Å². The molecular formula is C15H13NO. The summed E-state index contributed by atoms with van der Waals surface area (Å²) in [5, 5.41) is 0. The van der Waals surface area contributed by atoms with Crippen molar-refractivity contribution in [2.75, 3.05) is 5.73 Å². The summed E-state index contributed by atoms with van der Waals surface area (Å²) in [6.07, 6.45) is 2.66. The minimum absolute atomic E-state index is 0.592. The molecule has 2 aromatic rings. The molecule has 0 unspecified atom stereocenters. The molecule has 0 atom stereocenters. The van der Waals surface area contributed by atoms with Crippen LogP contribution in [0.25, 0.3) is 11.6 Å². The van der Waals surface area contributed by atoms with Crippen molar-refractivity contribution in [3.8, 4) is 0 Å². The van der Waals surface area contributed by atoms with Gasteiger partial charge in [-0.15, -0.1) is 0 Å². The van der Waals surface area contributed by atoms with Crippen LogP contribution in [0.4, 0.5) is 5.69 Å². The van der Waals surface area contributed by atoms with Crippen LogP contribution < -0.4 is 5.73 Å². The van der Waals surface area contributed by atoms with Gasteiger partial charge in [0, 0.05) is 16.8 Å². The predicted molar refractivity (Wildman–Crippen MR) is 71.2 cm³/mol. The number of allylic oxidation sites excluding steroid dienone is 1. The van der Waals surface area contributed by atoms with Crippen LogP contribution in [0.1, 0.15) is 11.1 Å². The van der Waals surface area contributed by atoms with E-state index in [0.29, 0.717) is 11.3 Å². The maximum absolute atomic E-state index is 11.1. The molecule has 0 saturated carbocycles. The largest absolute Gasteiger partial charge is 0.398 e. The average molecular weight is 223 g/mol. The summed E-state index contributed by atoms with van der Waals surface area (Å²) in [7, 11) is 0. The van der Waals surface area contributed by atoms with Gasteiger partial charge in [-0.3, -0.25) is 4.79 Å². The molecule has 2 heteroatoms. The zero-order chi connectivity index (χ0) is 12.1. The van der Waals surface area contributed by atoms with Gasteiger partial charge in [-0.2, -0.15) is 0 Å². The maximum atomic E-state index is 11.1. The fourth-order valence-corrected chi connectivity index (χ4v) is 1.66. The van der Waals surface area contributed by atoms with Crippen molar-refractivity contribution in [1.29, 1.82) is 0 Å². The number of para-hydroxylation sites is 1. The Kier molecular flexibility index (Phi) is 3.36. The summed E-state index contributed by atoms with van der Waals surface area (Å²) in [6, 6.07) is 17.1. The van der Waals surface area contributed by atoms with Crippen molar-refractivity contribution < 1.29 is 4.79 Å². The van der Waals surface area contributed by atoms with E-state index in [1.54, 1.807) is 6.07 Å². The van der Waals surface area contributed by atoms with Crippen molar-refractivity contribution >= 4 is 23.6 Å². The van der Waals surface area contributed by atoms with Crippen LogP contribution in [-0.4, -0.2) is 6.29 Å². The van der Waals surface area contributed by atoms with Crippen LogP contribution in [0.3, 0.4) is 0 Å². The van der Waals surface area contributed by atoms with Crippen LogP contribution in [0.2, 0.25) is 0 Å². The van der Waals surface area contributed by atoms with E-state index in [1.165, 1.54) is 0 Å². The Morgan fingerprint density at radius 3 is 2.24 bits per heavy atom. The van der Waals surface area contributed by atoms with E-state index in [1.807, 2.05) is 54.6 Å². The zero-order valence-corrected chi connectivity index (χ0v) is 9.34. The first kappa shape index (κ1) is 11.1. The third kappa shape index (κ3) is 2.61. The fourth-order valence-electron chi connectivity index (χ4n) is 1.66. The Morgan fingerprint density at radius 2 is 1.59 bits per heavy atom. The number of nitrogen functional groups attached to an aromatic ring is 1. The molecule has 0 aliphatic heterocycles. The summed E-state index contributed by atoms with van der Waals surface area (Å²) < 4.78 is 0. The van der Waals surface area contributed by atoms with Crippen LogP contribution in [0.15, 0.2) is 54.6 Å². The molecule has 2 nitrogen and oxygen atoms in total. The number of hydrogen-bond donors (Lipinski definition) is 1. The second-order valence-corrected chi connectivity index (χ2v) is 3.72. The summed E-state index contributed by atoms with van der Waals surface area (Å²) >= 11 is 0. The molecule has 0 fully saturated rings. The van der Waals surface area contributed by atoms with Crippen molar-refractivity contribution in [3.05, 3.63) is 65.7 Å². The first-order valence-electron chi connectivity index (χ1n) is 5.38. The van der Waals surface area contributed by atoms with Crippen LogP contribution >= 0.6 is 0 Å². The molecule has 2 rings (SSSR count). The minimum Gasteiger partial charge on any atom is -0.398 e. The molecule has 0 aliphatic rings. The summed E-state index contributed by atoms with van der Waals surface area (Å²) in [5.74, 6) is 0. The fraction of sp³-hybridized carbons (Fsp3) is 0. The summed E-state index contributed by atoms with van der Waals surface area (Å²) in [6.45, 7) is 0. The van der Waals surface area contributed by atoms with Gasteiger partial charge < -0.3 is 5.73 Å². The third-order valence-corrected chi connectivity index (χ3v) is 2.52. The normalized spacial score (nSPS) is 11.2. The number of nitrogens with two attached hydrogens (primary N) is 1. The molecule has 0 bridgehead atoms. The molecule has 2 aromatic carbocycles. The van der Waals surface area contributed by atoms with Crippen molar-refractivity contribution in [2.24, 2.45) is 0 Å². The number of hydrogen-bond acceptors (Lipinski definition) is 2. The highest BCUT2D eigenvalue weighted by molar-refractivity contribution is 6.15. The van der Waals surface area contributed by atoms with Gasteiger partial charge in [-0.05, 0) is 17.7 Å². The van der Waals surface area contributed by atoms with Gasteiger partial charge >= 0.3 is 0 Å². The lowest BCUT2D eigenvalue weighted by atomic mass is 10.0. The van der Waals surface area contributed by atoms with Gasteiger partial charge in [0.05, 0.1) is 0 Å². The molecule has 17 heavy (non-hydrogen) atoms. The molecule has 0 radical (unpaired) electrons. The Balaban J connectivity index is 2.45. The van der Waals surface area contributed by atoms with E-state index in [2.05, 4.69) is 0 Å². The molecule has 0 heterocycles. The number of rotatable bonds is 3. The maximum Gasteiger partial charge on any atom is 0.150 e. The molecule has 84 valence electrons. The Labute approximate surface area is 100 Å². The number of anilines is 1. The molecule has 0 aliphatic carbocycles. The lowest BCUT2D eigenvalue weighted by Gasteiger charge is -2.04. The van der Waals surface area contributed by atoms with E-state index in [-0.39, 0.29) is 0 Å². The van der Waals surface area contributed by atoms with Crippen molar-refractivity contribution in [2.45, 2.75) is 0 Å². The quantitative estimate of drug-likeness (QED) is 0.376. The standard InChI is InChI=1S/C15H13NO/c16-15-9-5-4-8-14(15)13(11-17)10-12-6-2-1-3-7-12/h1-11H,16H2/b13-10-. The molecule has 0 spiro atoms. The highest BCUT2D eigenvalue weighted by atomic mass is 16.1. The van der Waals surface area contributed by atoms with Gasteiger partial charge in [0.2, 0.25) is 0 Å².